The number of hydrogen-bond acceptors (Lipinski definition) is 3. The molecule has 0 aliphatic carbocycles. The maximum absolute atomic E-state index is 12.1. The lowest BCUT2D eigenvalue weighted by Gasteiger charge is -2.09. The first kappa shape index (κ1) is 15.4. The van der Waals surface area contributed by atoms with Gasteiger partial charge in [-0.2, -0.15) is 0 Å². The van der Waals surface area contributed by atoms with Crippen LogP contribution in [0, 0.1) is 0 Å². The van der Waals surface area contributed by atoms with E-state index < -0.39 is 5.91 Å². The number of carbonyl (C=O) groups excluding carboxylic acids is 1. The largest absolute Gasteiger partial charge is 0.507 e. The van der Waals surface area contributed by atoms with Gasteiger partial charge >= 0.3 is 0 Å². The van der Waals surface area contributed by atoms with Gasteiger partial charge in [0.05, 0.1) is 5.56 Å². The lowest BCUT2D eigenvalue weighted by molar-refractivity contribution is 0.102. The predicted molar refractivity (Wildman–Crippen MR) is 82.9 cm³/mol. The minimum Gasteiger partial charge on any atom is -0.507 e. The number of hydrogen-bond donors (Lipinski definition) is 3. The summed E-state index contributed by atoms with van der Waals surface area (Å²) in [5.41, 5.74) is 1.79. The molecule has 0 atom stereocenters. The van der Waals surface area contributed by atoms with E-state index in [4.69, 9.17) is 16.7 Å². The van der Waals surface area contributed by atoms with E-state index in [0.29, 0.717) is 17.1 Å². The zero-order valence-electron chi connectivity index (χ0n) is 11.3. The van der Waals surface area contributed by atoms with Gasteiger partial charge in [-0.3, -0.25) is 4.79 Å². The second kappa shape index (κ2) is 7.11. The molecular formula is C16H16ClNO3. The third kappa shape index (κ3) is 4.21. The smallest absolute Gasteiger partial charge is 0.259 e. The zero-order chi connectivity index (χ0) is 15.2. The summed E-state index contributed by atoms with van der Waals surface area (Å²) < 4.78 is 0. The Labute approximate surface area is 128 Å². The summed E-state index contributed by atoms with van der Waals surface area (Å²) >= 11 is 5.83. The number of benzene rings is 2. The molecular weight excluding hydrogens is 290 g/mol. The number of carbonyl (C=O) groups is 1. The maximum atomic E-state index is 12.1. The molecule has 2 aromatic carbocycles. The van der Waals surface area contributed by atoms with Crippen molar-refractivity contribution in [3.8, 4) is 5.75 Å². The first-order valence-corrected chi connectivity index (χ1v) is 6.97. The van der Waals surface area contributed by atoms with E-state index in [1.165, 1.54) is 18.2 Å². The summed E-state index contributed by atoms with van der Waals surface area (Å²) in [5.74, 6) is -0.539. The number of nitrogens with one attached hydrogen (secondary N) is 1. The van der Waals surface area contributed by atoms with Crippen LogP contribution in [-0.4, -0.2) is 22.7 Å². The van der Waals surface area contributed by atoms with Gasteiger partial charge < -0.3 is 15.5 Å². The summed E-state index contributed by atoms with van der Waals surface area (Å²) in [6.45, 7) is 0.132. The number of rotatable bonds is 5. The predicted octanol–water partition coefficient (Wildman–Crippen LogP) is 3.22. The van der Waals surface area contributed by atoms with Crippen LogP contribution in [0.25, 0.3) is 0 Å². The van der Waals surface area contributed by atoms with Crippen molar-refractivity contribution in [2.45, 2.75) is 12.8 Å². The third-order valence-corrected chi connectivity index (χ3v) is 3.25. The molecule has 5 heteroatoms. The van der Waals surface area contributed by atoms with E-state index >= 15 is 0 Å². The fourth-order valence-electron chi connectivity index (χ4n) is 1.98. The minimum absolute atomic E-state index is 0.117. The monoisotopic (exact) mass is 305 g/mol. The van der Waals surface area contributed by atoms with Crippen molar-refractivity contribution in [2.75, 3.05) is 11.9 Å². The highest BCUT2D eigenvalue weighted by molar-refractivity contribution is 6.31. The molecule has 0 radical (unpaired) electrons. The quantitative estimate of drug-likeness (QED) is 0.794. The average molecular weight is 306 g/mol. The maximum Gasteiger partial charge on any atom is 0.259 e. The molecule has 0 fully saturated rings. The van der Waals surface area contributed by atoms with Gasteiger partial charge in [0.1, 0.15) is 5.75 Å². The van der Waals surface area contributed by atoms with E-state index in [0.717, 1.165) is 12.0 Å². The summed E-state index contributed by atoms with van der Waals surface area (Å²) in [5, 5.41) is 21.7. The topological polar surface area (TPSA) is 69.6 Å². The number of aromatic hydroxyl groups is 1. The van der Waals surface area contributed by atoms with Crippen molar-refractivity contribution in [2.24, 2.45) is 0 Å². The average Bonchev–Trinajstić information content (AvgIpc) is 2.48. The SMILES string of the molecule is O=C(Nc1cccc(CCCO)c1)c1cc(Cl)ccc1O. The zero-order valence-corrected chi connectivity index (χ0v) is 12.1. The summed E-state index contributed by atoms with van der Waals surface area (Å²) in [7, 11) is 0. The highest BCUT2D eigenvalue weighted by Crippen LogP contribution is 2.23. The van der Waals surface area contributed by atoms with Crippen LogP contribution in [0.4, 0.5) is 5.69 Å². The van der Waals surface area contributed by atoms with Gasteiger partial charge in [0.2, 0.25) is 0 Å². The number of phenols is 1. The molecule has 0 aliphatic heterocycles. The molecule has 0 heterocycles. The van der Waals surface area contributed by atoms with Gasteiger partial charge in [-0.1, -0.05) is 23.7 Å². The number of aryl methyl sites for hydroxylation is 1. The molecule has 0 bridgehead atoms. The van der Waals surface area contributed by atoms with Gasteiger partial charge in [0.25, 0.3) is 5.91 Å². The molecule has 4 nitrogen and oxygen atoms in total. The molecule has 2 aromatic rings. The fourth-order valence-corrected chi connectivity index (χ4v) is 2.15. The van der Waals surface area contributed by atoms with E-state index in [9.17, 15) is 9.90 Å². The fraction of sp³-hybridized carbons (Fsp3) is 0.188. The highest BCUT2D eigenvalue weighted by atomic mass is 35.5. The number of amides is 1. The van der Waals surface area contributed by atoms with Crippen LogP contribution in [-0.2, 0) is 6.42 Å². The van der Waals surface area contributed by atoms with Crippen LogP contribution in [0.3, 0.4) is 0 Å². The van der Waals surface area contributed by atoms with Crippen molar-refractivity contribution in [1.29, 1.82) is 0 Å². The Morgan fingerprint density at radius 3 is 2.76 bits per heavy atom. The van der Waals surface area contributed by atoms with Crippen LogP contribution < -0.4 is 5.32 Å². The Hall–Kier alpha value is -2.04. The van der Waals surface area contributed by atoms with Gasteiger partial charge in [-0.05, 0) is 48.7 Å². The van der Waals surface area contributed by atoms with Crippen molar-refractivity contribution in [3.63, 3.8) is 0 Å². The summed E-state index contributed by atoms with van der Waals surface area (Å²) in [6.07, 6.45) is 1.41. The van der Waals surface area contributed by atoms with Crippen molar-refractivity contribution in [1.82, 2.24) is 0 Å². The Kier molecular flexibility index (Phi) is 5.20. The molecule has 3 N–H and O–H groups in total. The molecule has 21 heavy (non-hydrogen) atoms. The van der Waals surface area contributed by atoms with E-state index in [1.54, 1.807) is 6.07 Å². The van der Waals surface area contributed by atoms with Gasteiger partial charge in [0.15, 0.2) is 0 Å². The van der Waals surface area contributed by atoms with Crippen LogP contribution >= 0.6 is 11.6 Å². The first-order chi connectivity index (χ1) is 10.1. The standard InChI is InChI=1S/C16H16ClNO3/c17-12-6-7-15(20)14(10-12)16(21)18-13-5-1-3-11(9-13)4-2-8-19/h1,3,5-7,9-10,19-20H,2,4,8H2,(H,18,21). The molecule has 0 aromatic heterocycles. The number of aliphatic hydroxyl groups is 1. The van der Waals surface area contributed by atoms with Crippen LogP contribution in [0.5, 0.6) is 5.75 Å². The number of halogens is 1. The van der Waals surface area contributed by atoms with E-state index in [1.807, 2.05) is 18.2 Å². The second-order valence-corrected chi connectivity index (χ2v) is 5.08. The van der Waals surface area contributed by atoms with Crippen LogP contribution in [0.1, 0.15) is 22.3 Å². The second-order valence-electron chi connectivity index (χ2n) is 4.64. The molecule has 0 spiro atoms. The lowest BCUT2D eigenvalue weighted by atomic mass is 10.1. The Morgan fingerprint density at radius 1 is 1.19 bits per heavy atom. The Morgan fingerprint density at radius 2 is 2.00 bits per heavy atom. The van der Waals surface area contributed by atoms with Crippen molar-refractivity contribution in [3.05, 3.63) is 58.6 Å². The Bertz CT molecular complexity index is 643. The molecule has 0 saturated carbocycles. The van der Waals surface area contributed by atoms with Gasteiger partial charge in [0, 0.05) is 17.3 Å². The van der Waals surface area contributed by atoms with E-state index in [-0.39, 0.29) is 17.9 Å². The number of anilines is 1. The van der Waals surface area contributed by atoms with Crippen molar-refractivity contribution < 1.29 is 15.0 Å². The number of aliphatic hydroxyl groups excluding tert-OH is 1. The summed E-state index contributed by atoms with van der Waals surface area (Å²) in [4.78, 5) is 12.1. The number of phenolic OH excluding ortho intramolecular Hbond substituents is 1. The van der Waals surface area contributed by atoms with Crippen LogP contribution in [0.15, 0.2) is 42.5 Å². The Balaban J connectivity index is 2.14. The lowest BCUT2D eigenvalue weighted by Crippen LogP contribution is -2.12. The van der Waals surface area contributed by atoms with E-state index in [2.05, 4.69) is 5.32 Å². The van der Waals surface area contributed by atoms with Crippen molar-refractivity contribution >= 4 is 23.2 Å². The molecule has 0 aliphatic rings. The molecule has 2 rings (SSSR count). The third-order valence-electron chi connectivity index (χ3n) is 3.01. The molecule has 1 amide bonds. The molecule has 110 valence electrons. The molecule has 0 unspecified atom stereocenters. The summed E-state index contributed by atoms with van der Waals surface area (Å²) in [6, 6.07) is 11.7. The highest BCUT2D eigenvalue weighted by Gasteiger charge is 2.12. The normalized spacial score (nSPS) is 10.4. The van der Waals surface area contributed by atoms with Gasteiger partial charge in [-0.15, -0.1) is 0 Å². The van der Waals surface area contributed by atoms with Crippen LogP contribution in [0.2, 0.25) is 5.02 Å². The first-order valence-electron chi connectivity index (χ1n) is 6.60. The minimum atomic E-state index is -0.422. The molecule has 0 saturated heterocycles. The van der Waals surface area contributed by atoms with Gasteiger partial charge in [-0.25, -0.2) is 0 Å².